The normalized spacial score (nSPS) is 12.3. The SMILES string of the molecule is COc1ccc(-c2ccc(Nc3nc(-c4cnc(N)nc4)cc4c3CN=CC4)cc2)cc1. The van der Waals surface area contributed by atoms with Crippen molar-refractivity contribution in [3.8, 4) is 28.1 Å². The van der Waals surface area contributed by atoms with Crippen LogP contribution in [0.25, 0.3) is 22.4 Å². The molecule has 0 saturated heterocycles. The summed E-state index contributed by atoms with van der Waals surface area (Å²) in [4.78, 5) is 17.5. The third kappa shape index (κ3) is 4.00. The fourth-order valence-electron chi connectivity index (χ4n) is 3.69. The quantitative estimate of drug-likeness (QED) is 0.485. The Morgan fingerprint density at radius 1 is 0.906 bits per heavy atom. The Morgan fingerprint density at radius 2 is 1.59 bits per heavy atom. The minimum absolute atomic E-state index is 0.245. The number of nitrogen functional groups attached to an aromatic ring is 1. The first kappa shape index (κ1) is 19.7. The maximum absolute atomic E-state index is 5.64. The number of ether oxygens (including phenoxy) is 1. The van der Waals surface area contributed by atoms with Gasteiger partial charge in [0, 0.05) is 41.8 Å². The summed E-state index contributed by atoms with van der Waals surface area (Å²) in [7, 11) is 1.67. The smallest absolute Gasteiger partial charge is 0.219 e. The largest absolute Gasteiger partial charge is 0.497 e. The highest BCUT2D eigenvalue weighted by Gasteiger charge is 2.16. The molecular formula is C25H22N6O. The molecular weight excluding hydrogens is 400 g/mol. The number of methoxy groups -OCH3 is 1. The van der Waals surface area contributed by atoms with E-state index >= 15 is 0 Å². The highest BCUT2D eigenvalue weighted by atomic mass is 16.5. The highest BCUT2D eigenvalue weighted by molar-refractivity contribution is 5.74. The predicted octanol–water partition coefficient (Wildman–Crippen LogP) is 4.67. The third-order valence-electron chi connectivity index (χ3n) is 5.44. The van der Waals surface area contributed by atoms with Crippen LogP contribution >= 0.6 is 0 Å². The van der Waals surface area contributed by atoms with Crippen molar-refractivity contribution in [1.29, 1.82) is 0 Å². The first-order valence-electron chi connectivity index (χ1n) is 10.3. The van der Waals surface area contributed by atoms with Crippen LogP contribution in [0.2, 0.25) is 0 Å². The molecule has 2 aromatic heterocycles. The van der Waals surface area contributed by atoms with E-state index in [0.717, 1.165) is 51.6 Å². The van der Waals surface area contributed by atoms with Gasteiger partial charge in [-0.15, -0.1) is 0 Å². The first-order chi connectivity index (χ1) is 15.7. The van der Waals surface area contributed by atoms with Gasteiger partial charge in [-0.25, -0.2) is 15.0 Å². The number of hydrogen-bond donors (Lipinski definition) is 2. The van der Waals surface area contributed by atoms with Crippen LogP contribution in [0.4, 0.5) is 17.5 Å². The van der Waals surface area contributed by atoms with Crippen molar-refractivity contribution in [3.63, 3.8) is 0 Å². The van der Waals surface area contributed by atoms with E-state index in [0.29, 0.717) is 6.54 Å². The number of nitrogens with zero attached hydrogens (tertiary/aromatic N) is 4. The molecule has 3 heterocycles. The van der Waals surface area contributed by atoms with Crippen molar-refractivity contribution in [1.82, 2.24) is 15.0 Å². The van der Waals surface area contributed by atoms with Crippen molar-refractivity contribution >= 4 is 23.7 Å². The molecule has 2 aromatic carbocycles. The second kappa shape index (κ2) is 8.47. The van der Waals surface area contributed by atoms with E-state index in [-0.39, 0.29) is 5.95 Å². The molecule has 0 aliphatic carbocycles. The summed E-state index contributed by atoms with van der Waals surface area (Å²) in [6, 6.07) is 18.4. The van der Waals surface area contributed by atoms with Crippen molar-refractivity contribution in [2.45, 2.75) is 13.0 Å². The van der Waals surface area contributed by atoms with E-state index in [1.54, 1.807) is 19.5 Å². The van der Waals surface area contributed by atoms with Gasteiger partial charge in [0.1, 0.15) is 11.6 Å². The van der Waals surface area contributed by atoms with E-state index in [4.69, 9.17) is 15.5 Å². The average molecular weight is 422 g/mol. The first-order valence-corrected chi connectivity index (χ1v) is 10.3. The van der Waals surface area contributed by atoms with Gasteiger partial charge in [-0.3, -0.25) is 4.99 Å². The van der Waals surface area contributed by atoms with Crippen molar-refractivity contribution in [2.24, 2.45) is 4.99 Å². The van der Waals surface area contributed by atoms with Crippen molar-refractivity contribution in [2.75, 3.05) is 18.2 Å². The summed E-state index contributed by atoms with van der Waals surface area (Å²) in [5.41, 5.74) is 12.8. The van der Waals surface area contributed by atoms with E-state index < -0.39 is 0 Å². The van der Waals surface area contributed by atoms with Crippen molar-refractivity contribution < 1.29 is 4.74 Å². The zero-order valence-electron chi connectivity index (χ0n) is 17.6. The molecule has 0 amide bonds. The molecule has 7 nitrogen and oxygen atoms in total. The topological polar surface area (TPSA) is 98.3 Å². The second-order valence-electron chi connectivity index (χ2n) is 7.48. The Morgan fingerprint density at radius 3 is 2.28 bits per heavy atom. The number of nitrogens with two attached hydrogens (primary N) is 1. The Labute approximate surface area is 186 Å². The lowest BCUT2D eigenvalue weighted by Crippen LogP contribution is -2.08. The van der Waals surface area contributed by atoms with Crippen LogP contribution in [0.1, 0.15) is 11.1 Å². The monoisotopic (exact) mass is 422 g/mol. The molecule has 0 bridgehead atoms. The van der Waals surface area contributed by atoms with Gasteiger partial charge in [-0.2, -0.15) is 0 Å². The maximum Gasteiger partial charge on any atom is 0.219 e. The molecule has 0 fully saturated rings. The lowest BCUT2D eigenvalue weighted by atomic mass is 10.0. The van der Waals surface area contributed by atoms with Gasteiger partial charge in [0.15, 0.2) is 0 Å². The fourth-order valence-corrected chi connectivity index (χ4v) is 3.69. The molecule has 3 N–H and O–H groups in total. The van der Waals surface area contributed by atoms with E-state index in [1.165, 1.54) is 5.56 Å². The number of nitrogens with one attached hydrogen (secondary N) is 1. The molecule has 0 atom stereocenters. The number of aliphatic imine (C=N–C) groups is 1. The average Bonchev–Trinajstić information content (AvgIpc) is 2.85. The number of hydrogen-bond acceptors (Lipinski definition) is 7. The summed E-state index contributed by atoms with van der Waals surface area (Å²) in [6.45, 7) is 0.604. The molecule has 4 aromatic rings. The van der Waals surface area contributed by atoms with Gasteiger partial charge in [-0.05, 0) is 47.0 Å². The zero-order chi connectivity index (χ0) is 21.9. The Kier molecular flexibility index (Phi) is 5.21. The molecule has 0 unspecified atom stereocenters. The third-order valence-corrected chi connectivity index (χ3v) is 5.44. The molecule has 158 valence electrons. The Balaban J connectivity index is 1.45. The molecule has 1 aliphatic rings. The van der Waals surface area contributed by atoms with E-state index in [1.807, 2.05) is 18.3 Å². The number of aromatic nitrogens is 3. The van der Waals surface area contributed by atoms with Gasteiger partial charge in [0.05, 0.1) is 19.3 Å². The second-order valence-corrected chi connectivity index (χ2v) is 7.48. The Bertz CT molecular complexity index is 1270. The summed E-state index contributed by atoms with van der Waals surface area (Å²) in [5, 5.41) is 3.48. The zero-order valence-corrected chi connectivity index (χ0v) is 17.6. The molecule has 5 rings (SSSR count). The van der Waals surface area contributed by atoms with Crippen LogP contribution in [0.15, 0.2) is 72.0 Å². The minimum Gasteiger partial charge on any atom is -0.497 e. The summed E-state index contributed by atoms with van der Waals surface area (Å²) < 4.78 is 5.24. The molecule has 0 radical (unpaired) electrons. The number of anilines is 3. The van der Waals surface area contributed by atoms with Crippen LogP contribution in [-0.4, -0.2) is 28.3 Å². The molecule has 7 heteroatoms. The van der Waals surface area contributed by atoms with Crippen LogP contribution in [0, 0.1) is 0 Å². The van der Waals surface area contributed by atoms with Crippen LogP contribution in [0.5, 0.6) is 5.75 Å². The van der Waals surface area contributed by atoms with Gasteiger partial charge in [0.2, 0.25) is 5.95 Å². The highest BCUT2D eigenvalue weighted by Crippen LogP contribution is 2.31. The minimum atomic E-state index is 0.245. The van der Waals surface area contributed by atoms with Crippen LogP contribution in [0.3, 0.4) is 0 Å². The van der Waals surface area contributed by atoms with E-state index in [2.05, 4.69) is 62.7 Å². The van der Waals surface area contributed by atoms with Crippen LogP contribution < -0.4 is 15.8 Å². The van der Waals surface area contributed by atoms with Gasteiger partial charge >= 0.3 is 0 Å². The molecule has 0 saturated carbocycles. The van der Waals surface area contributed by atoms with Crippen LogP contribution in [-0.2, 0) is 13.0 Å². The molecule has 0 spiro atoms. The Hall–Kier alpha value is -4.26. The predicted molar refractivity (Wildman–Crippen MR) is 127 cm³/mol. The van der Waals surface area contributed by atoms with Gasteiger partial charge < -0.3 is 15.8 Å². The number of pyridine rings is 1. The van der Waals surface area contributed by atoms with Crippen molar-refractivity contribution in [3.05, 3.63) is 78.1 Å². The van der Waals surface area contributed by atoms with Gasteiger partial charge in [-0.1, -0.05) is 24.3 Å². The maximum atomic E-state index is 5.64. The number of rotatable bonds is 5. The van der Waals surface area contributed by atoms with E-state index in [9.17, 15) is 0 Å². The fraction of sp³-hybridized carbons (Fsp3) is 0.120. The summed E-state index contributed by atoms with van der Waals surface area (Å²) >= 11 is 0. The number of benzene rings is 2. The molecule has 32 heavy (non-hydrogen) atoms. The lowest BCUT2D eigenvalue weighted by molar-refractivity contribution is 0.415. The standard InChI is InChI=1S/C25H22N6O/c1-32-21-8-4-17(5-9-21)16-2-6-20(7-3-16)30-24-22-15-27-11-10-18(22)12-23(31-24)19-13-28-25(26)29-14-19/h2-9,11-14H,10,15H2,1H3,(H,30,31)(H2,26,28,29). The summed E-state index contributed by atoms with van der Waals surface area (Å²) in [5.74, 6) is 1.88. The summed E-state index contributed by atoms with van der Waals surface area (Å²) in [6.07, 6.45) is 6.10. The molecule has 1 aliphatic heterocycles. The lowest BCUT2D eigenvalue weighted by Gasteiger charge is -2.18. The van der Waals surface area contributed by atoms with Gasteiger partial charge in [0.25, 0.3) is 0 Å². The number of fused-ring (bicyclic) bond motifs is 1.